The molecule has 19 heavy (non-hydrogen) atoms. The molecule has 2 heterocycles. The van der Waals surface area contributed by atoms with Crippen molar-refractivity contribution in [1.82, 2.24) is 14.8 Å². The summed E-state index contributed by atoms with van der Waals surface area (Å²) in [5, 5.41) is 0.0614. The van der Waals surface area contributed by atoms with Crippen LogP contribution >= 0.6 is 11.6 Å². The van der Waals surface area contributed by atoms with Gasteiger partial charge in [-0.1, -0.05) is 11.6 Å². The Bertz CT molecular complexity index is 488. The highest BCUT2D eigenvalue weighted by Gasteiger charge is 2.31. The third-order valence-corrected chi connectivity index (χ3v) is 3.14. The predicted octanol–water partition coefficient (Wildman–Crippen LogP) is 2.97. The average Bonchev–Trinajstić information content (AvgIpc) is 2.72. The van der Waals surface area contributed by atoms with Crippen molar-refractivity contribution in [3.63, 3.8) is 0 Å². The van der Waals surface area contributed by atoms with E-state index >= 15 is 0 Å². The first-order valence-corrected chi connectivity index (χ1v) is 6.08. The summed E-state index contributed by atoms with van der Waals surface area (Å²) in [6.07, 6.45) is 0.789. The van der Waals surface area contributed by atoms with Crippen molar-refractivity contribution >= 4 is 11.6 Å². The number of aromatic nitrogens is 1. The molecule has 0 amide bonds. The van der Waals surface area contributed by atoms with Gasteiger partial charge in [0.2, 0.25) is 0 Å². The molecule has 0 aliphatic carbocycles. The fourth-order valence-electron chi connectivity index (χ4n) is 1.79. The van der Waals surface area contributed by atoms with Gasteiger partial charge in [0.1, 0.15) is 0 Å². The molecule has 0 saturated heterocycles. The minimum Gasteiger partial charge on any atom is -0.362 e. The molecule has 1 aliphatic rings. The van der Waals surface area contributed by atoms with Crippen LogP contribution in [0.2, 0.25) is 5.02 Å². The van der Waals surface area contributed by atoms with Crippen molar-refractivity contribution in [3.05, 3.63) is 40.9 Å². The zero-order valence-corrected chi connectivity index (χ0v) is 11.0. The number of alkyl halides is 3. The van der Waals surface area contributed by atoms with Gasteiger partial charge < -0.3 is 9.80 Å². The fourth-order valence-corrected chi connectivity index (χ4v) is 2.05. The third-order valence-electron chi connectivity index (χ3n) is 2.82. The van der Waals surface area contributed by atoms with Crippen LogP contribution < -0.4 is 0 Å². The van der Waals surface area contributed by atoms with Crippen LogP contribution in [0.15, 0.2) is 24.7 Å². The molecule has 0 fully saturated rings. The van der Waals surface area contributed by atoms with E-state index in [9.17, 15) is 13.2 Å². The van der Waals surface area contributed by atoms with Gasteiger partial charge in [-0.05, 0) is 6.07 Å². The summed E-state index contributed by atoms with van der Waals surface area (Å²) in [4.78, 5) is 7.85. The molecule has 7 heteroatoms. The zero-order chi connectivity index (χ0) is 14.0. The lowest BCUT2D eigenvalue weighted by Gasteiger charge is -2.18. The van der Waals surface area contributed by atoms with E-state index < -0.39 is 11.7 Å². The standard InChI is InChI=1S/C12H13ClF3N3/c1-18-4-5-19(8-18)3-2-11-10(13)6-9(7-17-11)12(14,15)16/h4-7H,2-3,8H2,1H3. The maximum absolute atomic E-state index is 12.5. The Balaban J connectivity index is 2.00. The van der Waals surface area contributed by atoms with Crippen LogP contribution in [0, 0.1) is 0 Å². The lowest BCUT2D eigenvalue weighted by Crippen LogP contribution is -2.24. The number of hydrogen-bond donors (Lipinski definition) is 0. The third kappa shape index (κ3) is 3.53. The topological polar surface area (TPSA) is 19.4 Å². The number of nitrogens with zero attached hydrogens (tertiary/aromatic N) is 3. The second kappa shape index (κ2) is 5.28. The maximum Gasteiger partial charge on any atom is 0.417 e. The Labute approximate surface area is 114 Å². The van der Waals surface area contributed by atoms with Gasteiger partial charge in [-0.2, -0.15) is 13.2 Å². The summed E-state index contributed by atoms with van der Waals surface area (Å²) >= 11 is 5.84. The molecule has 0 atom stereocenters. The lowest BCUT2D eigenvalue weighted by molar-refractivity contribution is -0.137. The SMILES string of the molecule is CN1C=CN(CCc2ncc(C(F)(F)F)cc2Cl)C1. The highest BCUT2D eigenvalue weighted by Crippen LogP contribution is 2.31. The summed E-state index contributed by atoms with van der Waals surface area (Å²) < 4.78 is 37.4. The van der Waals surface area contributed by atoms with Crippen molar-refractivity contribution in [2.24, 2.45) is 0 Å². The van der Waals surface area contributed by atoms with Gasteiger partial charge in [-0.15, -0.1) is 0 Å². The van der Waals surface area contributed by atoms with Crippen LogP contribution in [0.4, 0.5) is 13.2 Å². The highest BCUT2D eigenvalue weighted by molar-refractivity contribution is 6.31. The Hall–Kier alpha value is -1.43. The average molecular weight is 292 g/mol. The molecule has 0 bridgehead atoms. The number of pyridine rings is 1. The molecular weight excluding hydrogens is 279 g/mol. The molecule has 3 nitrogen and oxygen atoms in total. The highest BCUT2D eigenvalue weighted by atomic mass is 35.5. The van der Waals surface area contributed by atoms with Crippen molar-refractivity contribution in [3.8, 4) is 0 Å². The molecule has 2 rings (SSSR count). The largest absolute Gasteiger partial charge is 0.417 e. The number of halogens is 4. The van der Waals surface area contributed by atoms with Gasteiger partial charge in [0.15, 0.2) is 0 Å². The summed E-state index contributed by atoms with van der Waals surface area (Å²) in [7, 11) is 1.94. The van der Waals surface area contributed by atoms with E-state index in [1.165, 1.54) is 0 Å². The minimum absolute atomic E-state index is 0.0614. The molecule has 104 valence electrons. The second-order valence-electron chi connectivity index (χ2n) is 4.41. The van der Waals surface area contributed by atoms with Crippen LogP contribution in [0.1, 0.15) is 11.3 Å². The monoisotopic (exact) mass is 291 g/mol. The predicted molar refractivity (Wildman–Crippen MR) is 66.4 cm³/mol. The molecule has 0 radical (unpaired) electrons. The quantitative estimate of drug-likeness (QED) is 0.853. The van der Waals surface area contributed by atoms with Crippen LogP contribution in [0.25, 0.3) is 0 Å². The second-order valence-corrected chi connectivity index (χ2v) is 4.82. The van der Waals surface area contributed by atoms with Crippen molar-refractivity contribution in [2.45, 2.75) is 12.6 Å². The smallest absolute Gasteiger partial charge is 0.362 e. The molecular formula is C12H13ClF3N3. The number of rotatable bonds is 3. The van der Waals surface area contributed by atoms with Gasteiger partial charge in [0, 0.05) is 38.6 Å². The summed E-state index contributed by atoms with van der Waals surface area (Å²) in [5.41, 5.74) is -0.334. The van der Waals surface area contributed by atoms with E-state index in [1.807, 2.05) is 29.2 Å². The molecule has 1 aliphatic heterocycles. The van der Waals surface area contributed by atoms with Crippen LogP contribution in [-0.4, -0.2) is 35.0 Å². The number of hydrogen-bond acceptors (Lipinski definition) is 3. The summed E-state index contributed by atoms with van der Waals surface area (Å²) in [5.74, 6) is 0. The van der Waals surface area contributed by atoms with Gasteiger partial charge in [0.05, 0.1) is 22.9 Å². The molecule has 0 saturated carbocycles. The van der Waals surface area contributed by atoms with E-state index in [1.54, 1.807) is 0 Å². The normalized spacial score (nSPS) is 15.4. The molecule has 1 aromatic rings. The van der Waals surface area contributed by atoms with Crippen molar-refractivity contribution in [2.75, 3.05) is 20.3 Å². The first-order chi connectivity index (χ1) is 8.86. The van der Waals surface area contributed by atoms with Crippen LogP contribution in [0.5, 0.6) is 0 Å². The molecule has 0 aromatic carbocycles. The van der Waals surface area contributed by atoms with E-state index in [-0.39, 0.29) is 5.02 Å². The zero-order valence-electron chi connectivity index (χ0n) is 10.3. The fraction of sp³-hybridized carbons (Fsp3) is 0.417. The molecule has 0 N–H and O–H groups in total. The van der Waals surface area contributed by atoms with E-state index in [0.29, 0.717) is 18.7 Å². The Morgan fingerprint density at radius 1 is 1.37 bits per heavy atom. The first kappa shape index (κ1) is 14.0. The van der Waals surface area contributed by atoms with Gasteiger partial charge in [-0.3, -0.25) is 4.98 Å². The van der Waals surface area contributed by atoms with Gasteiger partial charge >= 0.3 is 6.18 Å². The Kier molecular flexibility index (Phi) is 3.89. The van der Waals surface area contributed by atoms with Crippen molar-refractivity contribution < 1.29 is 13.2 Å². The minimum atomic E-state index is -4.41. The summed E-state index contributed by atoms with van der Waals surface area (Å²) in [6.45, 7) is 1.43. The molecule has 1 aromatic heterocycles. The first-order valence-electron chi connectivity index (χ1n) is 5.70. The lowest BCUT2D eigenvalue weighted by atomic mass is 10.2. The maximum atomic E-state index is 12.5. The van der Waals surface area contributed by atoms with Crippen LogP contribution in [-0.2, 0) is 12.6 Å². The van der Waals surface area contributed by atoms with Crippen LogP contribution in [0.3, 0.4) is 0 Å². The van der Waals surface area contributed by atoms with E-state index in [2.05, 4.69) is 4.98 Å². The van der Waals surface area contributed by atoms with E-state index in [4.69, 9.17) is 11.6 Å². The van der Waals surface area contributed by atoms with Gasteiger partial charge in [0.25, 0.3) is 0 Å². The Morgan fingerprint density at radius 3 is 2.63 bits per heavy atom. The van der Waals surface area contributed by atoms with Crippen molar-refractivity contribution in [1.29, 1.82) is 0 Å². The molecule has 0 spiro atoms. The van der Waals surface area contributed by atoms with Gasteiger partial charge in [-0.25, -0.2) is 0 Å². The van der Waals surface area contributed by atoms with E-state index in [0.717, 1.165) is 18.9 Å². The molecule has 0 unspecified atom stereocenters. The summed E-state index contributed by atoms with van der Waals surface area (Å²) in [6, 6.07) is 0.926. The Morgan fingerprint density at radius 2 is 2.11 bits per heavy atom.